The van der Waals surface area contributed by atoms with Crippen LogP contribution in [0.15, 0.2) is 0 Å². The summed E-state index contributed by atoms with van der Waals surface area (Å²) in [5.41, 5.74) is 6.02. The van der Waals surface area contributed by atoms with E-state index in [1.807, 2.05) is 0 Å². The quantitative estimate of drug-likeness (QED) is 0.701. The second-order valence-electron chi connectivity index (χ2n) is 5.57. The van der Waals surface area contributed by atoms with Crippen LogP contribution >= 0.6 is 0 Å². The van der Waals surface area contributed by atoms with Crippen LogP contribution in [-0.2, 0) is 0 Å². The Balaban J connectivity index is 2.60. The molecule has 0 aromatic carbocycles. The van der Waals surface area contributed by atoms with Gasteiger partial charge in [-0.25, -0.2) is 0 Å². The van der Waals surface area contributed by atoms with Crippen molar-refractivity contribution in [3.05, 3.63) is 0 Å². The third kappa shape index (κ3) is 1.75. The van der Waals surface area contributed by atoms with Gasteiger partial charge < -0.3 is 10.8 Å². The van der Waals surface area contributed by atoms with E-state index in [-0.39, 0.29) is 16.9 Å². The van der Waals surface area contributed by atoms with Crippen LogP contribution < -0.4 is 5.73 Å². The van der Waals surface area contributed by atoms with Crippen LogP contribution in [0.2, 0.25) is 0 Å². The van der Waals surface area contributed by atoms with Crippen LogP contribution in [0.5, 0.6) is 0 Å². The fourth-order valence-electron chi connectivity index (χ4n) is 2.47. The molecule has 3 N–H and O–H groups in total. The van der Waals surface area contributed by atoms with E-state index in [1.165, 1.54) is 0 Å². The minimum atomic E-state index is -0.215. The van der Waals surface area contributed by atoms with Gasteiger partial charge in [0.2, 0.25) is 0 Å². The summed E-state index contributed by atoms with van der Waals surface area (Å²) in [6.07, 6.45) is 1.73. The largest absolute Gasteiger partial charge is 0.392 e. The summed E-state index contributed by atoms with van der Waals surface area (Å²) in [5.74, 6) is 0.551. The number of nitrogens with two attached hydrogens (primary N) is 1. The van der Waals surface area contributed by atoms with Gasteiger partial charge in [0.15, 0.2) is 0 Å². The lowest BCUT2D eigenvalue weighted by atomic mass is 9.85. The Morgan fingerprint density at radius 1 is 1.38 bits per heavy atom. The molecular weight excluding hydrogens is 162 g/mol. The van der Waals surface area contributed by atoms with Crippen molar-refractivity contribution in [2.24, 2.45) is 22.5 Å². The minimum Gasteiger partial charge on any atom is -0.392 e. The van der Waals surface area contributed by atoms with E-state index < -0.39 is 0 Å². The predicted molar refractivity (Wildman–Crippen MR) is 55.3 cm³/mol. The van der Waals surface area contributed by atoms with Crippen molar-refractivity contribution in [3.63, 3.8) is 0 Å². The average molecular weight is 185 g/mol. The van der Waals surface area contributed by atoms with Crippen LogP contribution in [-0.4, -0.2) is 17.8 Å². The normalized spacial score (nSPS) is 33.5. The van der Waals surface area contributed by atoms with Crippen molar-refractivity contribution >= 4 is 0 Å². The monoisotopic (exact) mass is 185 g/mol. The van der Waals surface area contributed by atoms with Gasteiger partial charge in [0, 0.05) is 12.0 Å². The zero-order chi connectivity index (χ0) is 10.3. The lowest BCUT2D eigenvalue weighted by molar-refractivity contribution is 0.0568. The van der Waals surface area contributed by atoms with Crippen molar-refractivity contribution in [3.8, 4) is 0 Å². The van der Waals surface area contributed by atoms with Gasteiger partial charge in [-0.2, -0.15) is 0 Å². The summed E-state index contributed by atoms with van der Waals surface area (Å²) in [5, 5.41) is 10.1. The Labute approximate surface area is 81.5 Å². The predicted octanol–water partition coefficient (Wildman–Crippen LogP) is 1.77. The van der Waals surface area contributed by atoms with Crippen molar-refractivity contribution in [2.75, 3.05) is 6.54 Å². The zero-order valence-electron chi connectivity index (χ0n) is 9.30. The lowest BCUT2D eigenvalue weighted by Crippen LogP contribution is -2.34. The lowest BCUT2D eigenvalue weighted by Gasteiger charge is -2.26. The highest BCUT2D eigenvalue weighted by Crippen LogP contribution is 2.65. The van der Waals surface area contributed by atoms with Crippen molar-refractivity contribution in [1.82, 2.24) is 0 Å². The highest BCUT2D eigenvalue weighted by Gasteiger charge is 2.63. The molecule has 13 heavy (non-hydrogen) atoms. The molecular formula is C11H23NO. The molecule has 1 fully saturated rings. The van der Waals surface area contributed by atoms with Crippen LogP contribution in [0, 0.1) is 16.7 Å². The van der Waals surface area contributed by atoms with E-state index >= 15 is 0 Å². The first kappa shape index (κ1) is 11.0. The molecule has 0 spiro atoms. The third-order valence-corrected chi connectivity index (χ3v) is 3.68. The molecule has 1 saturated carbocycles. The molecule has 0 heterocycles. The molecule has 0 aromatic heterocycles. The van der Waals surface area contributed by atoms with Crippen molar-refractivity contribution in [2.45, 2.75) is 46.6 Å². The van der Waals surface area contributed by atoms with E-state index in [4.69, 9.17) is 5.73 Å². The molecule has 0 amide bonds. The standard InChI is InChI=1S/C11H23NO/c1-8(2)5-9(13)11(7-12)6-10(11,3)4/h8-9,13H,5-7,12H2,1-4H3. The molecule has 1 aliphatic rings. The SMILES string of the molecule is CC(C)CC(O)C1(CN)CC1(C)C. The zero-order valence-corrected chi connectivity index (χ0v) is 9.30. The smallest absolute Gasteiger partial charge is 0.0616 e. The van der Waals surface area contributed by atoms with Gasteiger partial charge in [0.25, 0.3) is 0 Å². The fourth-order valence-corrected chi connectivity index (χ4v) is 2.47. The maximum absolute atomic E-state index is 10.1. The van der Waals surface area contributed by atoms with Gasteiger partial charge >= 0.3 is 0 Å². The third-order valence-electron chi connectivity index (χ3n) is 3.68. The highest BCUT2D eigenvalue weighted by atomic mass is 16.3. The van der Waals surface area contributed by atoms with E-state index in [0.717, 1.165) is 12.8 Å². The van der Waals surface area contributed by atoms with Crippen LogP contribution in [0.4, 0.5) is 0 Å². The van der Waals surface area contributed by atoms with Crippen LogP contribution in [0.25, 0.3) is 0 Å². The highest BCUT2D eigenvalue weighted by molar-refractivity contribution is 5.13. The molecule has 0 bridgehead atoms. The molecule has 0 aliphatic heterocycles. The van der Waals surface area contributed by atoms with Gasteiger partial charge in [-0.3, -0.25) is 0 Å². The van der Waals surface area contributed by atoms with Crippen molar-refractivity contribution < 1.29 is 5.11 Å². The average Bonchev–Trinajstić information content (AvgIpc) is 2.53. The number of aliphatic hydroxyl groups is 1. The molecule has 78 valence electrons. The van der Waals surface area contributed by atoms with Gasteiger partial charge in [-0.15, -0.1) is 0 Å². The van der Waals surface area contributed by atoms with Gasteiger partial charge in [-0.05, 0) is 24.2 Å². The Bertz CT molecular complexity index is 189. The maximum Gasteiger partial charge on any atom is 0.0616 e. The van der Waals surface area contributed by atoms with Crippen LogP contribution in [0.1, 0.15) is 40.5 Å². The molecule has 0 saturated heterocycles. The summed E-state index contributed by atoms with van der Waals surface area (Å²) in [4.78, 5) is 0. The topological polar surface area (TPSA) is 46.2 Å². The Kier molecular flexibility index (Phi) is 2.75. The number of rotatable bonds is 4. The summed E-state index contributed by atoms with van der Waals surface area (Å²) in [7, 11) is 0. The van der Waals surface area contributed by atoms with Crippen molar-refractivity contribution in [1.29, 1.82) is 0 Å². The Morgan fingerprint density at radius 2 is 1.85 bits per heavy atom. The molecule has 1 aliphatic carbocycles. The molecule has 0 aromatic rings. The van der Waals surface area contributed by atoms with E-state index in [9.17, 15) is 5.11 Å². The Hall–Kier alpha value is -0.0800. The number of hydrogen-bond donors (Lipinski definition) is 2. The van der Waals surface area contributed by atoms with Crippen LogP contribution in [0.3, 0.4) is 0 Å². The van der Waals surface area contributed by atoms with E-state index in [2.05, 4.69) is 27.7 Å². The summed E-state index contributed by atoms with van der Waals surface area (Å²) in [6.45, 7) is 9.30. The number of aliphatic hydroxyl groups excluding tert-OH is 1. The maximum atomic E-state index is 10.1. The molecule has 2 unspecified atom stereocenters. The second-order valence-corrected chi connectivity index (χ2v) is 5.57. The van der Waals surface area contributed by atoms with E-state index in [0.29, 0.717) is 12.5 Å². The molecule has 0 radical (unpaired) electrons. The number of hydrogen-bond acceptors (Lipinski definition) is 2. The van der Waals surface area contributed by atoms with Gasteiger partial charge in [-0.1, -0.05) is 27.7 Å². The summed E-state index contributed by atoms with van der Waals surface area (Å²) < 4.78 is 0. The fraction of sp³-hybridized carbons (Fsp3) is 1.00. The molecule has 2 heteroatoms. The summed E-state index contributed by atoms with van der Waals surface area (Å²) in [6, 6.07) is 0. The molecule has 2 atom stereocenters. The first-order valence-electron chi connectivity index (χ1n) is 5.24. The molecule has 2 nitrogen and oxygen atoms in total. The van der Waals surface area contributed by atoms with E-state index in [1.54, 1.807) is 0 Å². The van der Waals surface area contributed by atoms with Gasteiger partial charge in [0.05, 0.1) is 6.10 Å². The van der Waals surface area contributed by atoms with Gasteiger partial charge in [0.1, 0.15) is 0 Å². The Morgan fingerprint density at radius 3 is 2.08 bits per heavy atom. The first-order valence-corrected chi connectivity index (χ1v) is 5.24. The molecule has 1 rings (SSSR count). The second kappa shape index (κ2) is 3.25. The minimum absolute atomic E-state index is 0.0112. The first-order chi connectivity index (χ1) is 5.85. The summed E-state index contributed by atoms with van der Waals surface area (Å²) >= 11 is 0.